The van der Waals surface area contributed by atoms with Gasteiger partial charge in [0.1, 0.15) is 6.54 Å². The fourth-order valence-electron chi connectivity index (χ4n) is 2.38. The van der Waals surface area contributed by atoms with E-state index in [1.165, 1.54) is 11.1 Å². The first-order valence-electron chi connectivity index (χ1n) is 6.42. The van der Waals surface area contributed by atoms with Gasteiger partial charge >= 0.3 is 0 Å². The highest BCUT2D eigenvalue weighted by Crippen LogP contribution is 2.22. The molecule has 5 heteroatoms. The molecule has 98 valence electrons. The van der Waals surface area contributed by atoms with E-state index in [9.17, 15) is 4.79 Å². The van der Waals surface area contributed by atoms with E-state index in [4.69, 9.17) is 0 Å². The van der Waals surface area contributed by atoms with Gasteiger partial charge in [-0.05, 0) is 36.2 Å². The van der Waals surface area contributed by atoms with Crippen LogP contribution in [0.4, 0.5) is 5.69 Å². The Kier molecular flexibility index (Phi) is 3.29. The summed E-state index contributed by atoms with van der Waals surface area (Å²) in [7, 11) is 0. The maximum atomic E-state index is 12.0. The summed E-state index contributed by atoms with van der Waals surface area (Å²) in [5.41, 5.74) is 3.44. The van der Waals surface area contributed by atoms with Crippen LogP contribution in [0.3, 0.4) is 0 Å². The molecule has 2 N–H and O–H groups in total. The van der Waals surface area contributed by atoms with Crippen LogP contribution >= 0.6 is 0 Å². The first-order chi connectivity index (χ1) is 9.33. The number of rotatable bonds is 3. The zero-order valence-electron chi connectivity index (χ0n) is 10.6. The third kappa shape index (κ3) is 2.66. The van der Waals surface area contributed by atoms with Gasteiger partial charge in [-0.25, -0.2) is 0 Å². The second kappa shape index (κ2) is 5.24. The van der Waals surface area contributed by atoms with Crippen molar-refractivity contribution in [2.45, 2.75) is 19.5 Å². The lowest BCUT2D eigenvalue weighted by atomic mass is 9.99. The summed E-state index contributed by atoms with van der Waals surface area (Å²) in [4.78, 5) is 12.0. The maximum Gasteiger partial charge on any atom is 0.246 e. The van der Waals surface area contributed by atoms with Gasteiger partial charge in [-0.2, -0.15) is 5.10 Å². The average molecular weight is 256 g/mol. The number of carbonyl (C=O) groups excluding carboxylic acids is 1. The predicted octanol–water partition coefficient (Wildman–Crippen LogP) is 1.17. The van der Waals surface area contributed by atoms with E-state index in [1.807, 2.05) is 18.2 Å². The minimum Gasteiger partial charge on any atom is -0.324 e. The number of hydrogen-bond acceptors (Lipinski definition) is 3. The van der Waals surface area contributed by atoms with Gasteiger partial charge in [0.05, 0.1) is 0 Å². The molecule has 0 saturated heterocycles. The van der Waals surface area contributed by atoms with Crippen molar-refractivity contribution in [3.63, 3.8) is 0 Å². The summed E-state index contributed by atoms with van der Waals surface area (Å²) in [6.07, 6.45) is 4.40. The van der Waals surface area contributed by atoms with Crippen molar-refractivity contribution in [1.82, 2.24) is 15.1 Å². The first kappa shape index (κ1) is 11.9. The molecule has 1 aliphatic heterocycles. The van der Waals surface area contributed by atoms with E-state index in [-0.39, 0.29) is 12.5 Å². The number of fused-ring (bicyclic) bond motifs is 1. The molecule has 0 bridgehead atoms. The highest BCUT2D eigenvalue weighted by molar-refractivity contribution is 5.91. The number of nitrogens with one attached hydrogen (secondary N) is 2. The molecular formula is C14H16N4O. The molecule has 19 heavy (non-hydrogen) atoms. The Morgan fingerprint density at radius 1 is 1.42 bits per heavy atom. The fraction of sp³-hybridized carbons (Fsp3) is 0.286. The van der Waals surface area contributed by atoms with Crippen LogP contribution in [0.5, 0.6) is 0 Å². The number of hydrogen-bond donors (Lipinski definition) is 2. The van der Waals surface area contributed by atoms with Crippen LogP contribution in [0.25, 0.3) is 0 Å². The topological polar surface area (TPSA) is 59.0 Å². The lowest BCUT2D eigenvalue weighted by Gasteiger charge is -2.20. The van der Waals surface area contributed by atoms with Crippen molar-refractivity contribution in [2.75, 3.05) is 11.9 Å². The van der Waals surface area contributed by atoms with Crippen LogP contribution in [0.1, 0.15) is 11.1 Å². The molecule has 0 aliphatic carbocycles. The Bertz CT molecular complexity index is 577. The predicted molar refractivity (Wildman–Crippen MR) is 72.7 cm³/mol. The molecular weight excluding hydrogens is 240 g/mol. The molecule has 1 amide bonds. The highest BCUT2D eigenvalue weighted by Gasteiger charge is 2.14. The lowest BCUT2D eigenvalue weighted by Crippen LogP contribution is -2.26. The molecule has 0 radical (unpaired) electrons. The van der Waals surface area contributed by atoms with Gasteiger partial charge in [0.15, 0.2) is 0 Å². The smallest absolute Gasteiger partial charge is 0.246 e. The molecule has 1 aliphatic rings. The summed E-state index contributed by atoms with van der Waals surface area (Å²) < 4.78 is 1.62. The number of amides is 1. The average Bonchev–Trinajstić information content (AvgIpc) is 2.92. The number of aromatic nitrogens is 2. The normalized spacial score (nSPS) is 13.9. The quantitative estimate of drug-likeness (QED) is 0.866. The molecule has 0 atom stereocenters. The van der Waals surface area contributed by atoms with Gasteiger partial charge in [-0.15, -0.1) is 0 Å². The summed E-state index contributed by atoms with van der Waals surface area (Å²) in [5, 5.41) is 10.3. The molecule has 2 heterocycles. The van der Waals surface area contributed by atoms with Crippen LogP contribution in [0.15, 0.2) is 36.7 Å². The third-order valence-corrected chi connectivity index (χ3v) is 3.28. The summed E-state index contributed by atoms with van der Waals surface area (Å²) in [6, 6.07) is 7.86. The van der Waals surface area contributed by atoms with Crippen LogP contribution in [-0.2, 0) is 24.3 Å². The van der Waals surface area contributed by atoms with E-state index in [2.05, 4.69) is 21.8 Å². The van der Waals surface area contributed by atoms with E-state index in [0.717, 1.165) is 25.2 Å². The van der Waals surface area contributed by atoms with Gasteiger partial charge in [0.25, 0.3) is 0 Å². The number of anilines is 1. The van der Waals surface area contributed by atoms with Crippen molar-refractivity contribution in [2.24, 2.45) is 0 Å². The Morgan fingerprint density at radius 2 is 2.37 bits per heavy atom. The zero-order valence-corrected chi connectivity index (χ0v) is 10.6. The fourth-order valence-corrected chi connectivity index (χ4v) is 2.38. The van der Waals surface area contributed by atoms with Crippen molar-refractivity contribution < 1.29 is 4.79 Å². The van der Waals surface area contributed by atoms with Gasteiger partial charge < -0.3 is 10.6 Å². The molecule has 0 spiro atoms. The monoisotopic (exact) mass is 256 g/mol. The molecule has 0 saturated carbocycles. The Balaban J connectivity index is 1.74. The molecule has 0 fully saturated rings. The maximum absolute atomic E-state index is 12.0. The molecule has 2 aromatic rings. The van der Waals surface area contributed by atoms with Crippen LogP contribution < -0.4 is 10.6 Å². The minimum absolute atomic E-state index is 0.0457. The van der Waals surface area contributed by atoms with Gasteiger partial charge in [0, 0.05) is 24.6 Å². The number of benzene rings is 1. The van der Waals surface area contributed by atoms with E-state index in [1.54, 1.807) is 17.1 Å². The minimum atomic E-state index is -0.0457. The summed E-state index contributed by atoms with van der Waals surface area (Å²) in [6.45, 7) is 2.08. The highest BCUT2D eigenvalue weighted by atomic mass is 16.2. The van der Waals surface area contributed by atoms with Gasteiger partial charge in [0.2, 0.25) is 5.91 Å². The Labute approximate surface area is 111 Å². The van der Waals surface area contributed by atoms with Crippen LogP contribution in [-0.4, -0.2) is 22.2 Å². The first-order valence-corrected chi connectivity index (χ1v) is 6.42. The van der Waals surface area contributed by atoms with Gasteiger partial charge in [-0.1, -0.05) is 12.1 Å². The van der Waals surface area contributed by atoms with Crippen molar-refractivity contribution in [3.8, 4) is 0 Å². The number of carbonyl (C=O) groups is 1. The zero-order chi connectivity index (χ0) is 13.1. The molecule has 1 aromatic carbocycles. The van der Waals surface area contributed by atoms with Crippen LogP contribution in [0.2, 0.25) is 0 Å². The van der Waals surface area contributed by atoms with Crippen LogP contribution in [0, 0.1) is 0 Å². The van der Waals surface area contributed by atoms with E-state index < -0.39 is 0 Å². The van der Waals surface area contributed by atoms with E-state index in [0.29, 0.717) is 0 Å². The Hall–Kier alpha value is -2.14. The van der Waals surface area contributed by atoms with E-state index >= 15 is 0 Å². The Morgan fingerprint density at radius 3 is 3.21 bits per heavy atom. The second-order valence-corrected chi connectivity index (χ2v) is 4.62. The molecule has 5 nitrogen and oxygen atoms in total. The summed E-state index contributed by atoms with van der Waals surface area (Å²) in [5.74, 6) is -0.0457. The molecule has 0 unspecified atom stereocenters. The number of nitrogens with zero attached hydrogens (tertiary/aromatic N) is 2. The van der Waals surface area contributed by atoms with Crippen molar-refractivity contribution in [1.29, 1.82) is 0 Å². The summed E-state index contributed by atoms with van der Waals surface area (Å²) >= 11 is 0. The SMILES string of the molecule is O=C(Cn1cccn1)Nc1cccc2c1CCNC2. The van der Waals surface area contributed by atoms with Gasteiger partial charge in [-0.3, -0.25) is 9.48 Å². The lowest BCUT2D eigenvalue weighted by molar-refractivity contribution is -0.116. The molecule has 1 aromatic heterocycles. The third-order valence-electron chi connectivity index (χ3n) is 3.28. The largest absolute Gasteiger partial charge is 0.324 e. The molecule has 3 rings (SSSR count). The second-order valence-electron chi connectivity index (χ2n) is 4.62. The standard InChI is InChI=1S/C14H16N4O/c19-14(10-18-8-2-6-16-18)17-13-4-1-3-11-9-15-7-5-12(11)13/h1-4,6,8,15H,5,7,9-10H2,(H,17,19). The van der Waals surface area contributed by atoms with Crippen molar-refractivity contribution >= 4 is 11.6 Å². The van der Waals surface area contributed by atoms with Crippen molar-refractivity contribution in [3.05, 3.63) is 47.8 Å².